The van der Waals surface area contributed by atoms with Crippen LogP contribution in [0.25, 0.3) is 0 Å². The van der Waals surface area contributed by atoms with Crippen LogP contribution in [0.3, 0.4) is 0 Å². The SMILES string of the molecule is CCN(CC)C(=O)[C@H]1[C@H](C=C(C)C)C1(C)C. The number of nitrogens with zero attached hydrogens (tertiary/aromatic N) is 1. The molecule has 0 N–H and O–H groups in total. The van der Waals surface area contributed by atoms with Gasteiger partial charge in [0.1, 0.15) is 0 Å². The first-order chi connectivity index (χ1) is 7.36. The number of hydrogen-bond acceptors (Lipinski definition) is 1. The summed E-state index contributed by atoms with van der Waals surface area (Å²) in [6.07, 6.45) is 2.26. The Morgan fingerprint density at radius 3 is 2.12 bits per heavy atom. The van der Waals surface area contributed by atoms with Crippen LogP contribution in [-0.4, -0.2) is 23.9 Å². The summed E-state index contributed by atoms with van der Waals surface area (Å²) in [5, 5.41) is 0. The fraction of sp³-hybridized carbons (Fsp3) is 0.786. The number of amides is 1. The number of hydrogen-bond donors (Lipinski definition) is 0. The van der Waals surface area contributed by atoms with Crippen molar-refractivity contribution in [3.8, 4) is 0 Å². The van der Waals surface area contributed by atoms with E-state index in [-0.39, 0.29) is 11.3 Å². The minimum atomic E-state index is 0.150. The summed E-state index contributed by atoms with van der Waals surface area (Å²) in [6.45, 7) is 14.3. The first-order valence-corrected chi connectivity index (χ1v) is 6.30. The standard InChI is InChI=1S/C14H25NO/c1-7-15(8-2)13(16)12-11(9-10(3)4)14(12,5)6/h9,11-12H,7-8H2,1-6H3/t11-,12+/m0/s1. The third-order valence-electron chi connectivity index (χ3n) is 3.76. The highest BCUT2D eigenvalue weighted by Crippen LogP contribution is 2.60. The largest absolute Gasteiger partial charge is 0.343 e. The lowest BCUT2D eigenvalue weighted by molar-refractivity contribution is -0.133. The molecule has 16 heavy (non-hydrogen) atoms. The molecule has 92 valence electrons. The molecule has 0 aliphatic heterocycles. The van der Waals surface area contributed by atoms with Gasteiger partial charge in [0, 0.05) is 13.1 Å². The van der Waals surface area contributed by atoms with Crippen LogP contribution in [0.4, 0.5) is 0 Å². The lowest BCUT2D eigenvalue weighted by Crippen LogP contribution is -2.33. The molecule has 1 amide bonds. The van der Waals surface area contributed by atoms with Crippen LogP contribution in [0, 0.1) is 17.3 Å². The van der Waals surface area contributed by atoms with Crippen molar-refractivity contribution in [2.75, 3.05) is 13.1 Å². The molecule has 0 heterocycles. The van der Waals surface area contributed by atoms with Crippen LogP contribution in [-0.2, 0) is 4.79 Å². The Hall–Kier alpha value is -0.790. The van der Waals surface area contributed by atoms with Gasteiger partial charge in [-0.3, -0.25) is 4.79 Å². The molecular weight excluding hydrogens is 198 g/mol. The highest BCUT2D eigenvalue weighted by Gasteiger charge is 2.60. The van der Waals surface area contributed by atoms with Gasteiger partial charge in [-0.1, -0.05) is 25.5 Å². The fourth-order valence-electron chi connectivity index (χ4n) is 2.55. The van der Waals surface area contributed by atoms with Crippen molar-refractivity contribution in [3.05, 3.63) is 11.6 Å². The lowest BCUT2D eigenvalue weighted by Gasteiger charge is -2.19. The zero-order chi connectivity index (χ0) is 12.5. The molecule has 1 fully saturated rings. The maximum atomic E-state index is 12.3. The van der Waals surface area contributed by atoms with E-state index in [2.05, 4.69) is 33.8 Å². The smallest absolute Gasteiger partial charge is 0.226 e. The van der Waals surface area contributed by atoms with Crippen molar-refractivity contribution < 1.29 is 4.79 Å². The monoisotopic (exact) mass is 223 g/mol. The Labute approximate surface area is 99.7 Å². The van der Waals surface area contributed by atoms with Crippen molar-refractivity contribution in [1.82, 2.24) is 4.90 Å². The summed E-state index contributed by atoms with van der Waals surface area (Å²) >= 11 is 0. The average molecular weight is 223 g/mol. The Morgan fingerprint density at radius 1 is 1.25 bits per heavy atom. The molecular formula is C14H25NO. The van der Waals surface area contributed by atoms with Gasteiger partial charge in [-0.05, 0) is 39.0 Å². The van der Waals surface area contributed by atoms with E-state index in [0.717, 1.165) is 13.1 Å². The molecule has 1 aliphatic carbocycles. The minimum Gasteiger partial charge on any atom is -0.343 e. The van der Waals surface area contributed by atoms with Gasteiger partial charge in [0.25, 0.3) is 0 Å². The Balaban J connectivity index is 2.76. The molecule has 1 saturated carbocycles. The molecule has 0 spiro atoms. The van der Waals surface area contributed by atoms with Crippen molar-refractivity contribution >= 4 is 5.91 Å². The van der Waals surface area contributed by atoms with Gasteiger partial charge in [0.15, 0.2) is 0 Å². The van der Waals surface area contributed by atoms with E-state index in [1.165, 1.54) is 5.57 Å². The quantitative estimate of drug-likeness (QED) is 0.671. The highest BCUT2D eigenvalue weighted by atomic mass is 16.2. The van der Waals surface area contributed by atoms with E-state index in [9.17, 15) is 4.79 Å². The fourth-order valence-corrected chi connectivity index (χ4v) is 2.55. The van der Waals surface area contributed by atoms with Crippen LogP contribution < -0.4 is 0 Å². The van der Waals surface area contributed by atoms with Crippen LogP contribution in [0.5, 0.6) is 0 Å². The molecule has 2 heteroatoms. The van der Waals surface area contributed by atoms with E-state index in [4.69, 9.17) is 0 Å². The van der Waals surface area contributed by atoms with Crippen LogP contribution in [0.2, 0.25) is 0 Å². The average Bonchev–Trinajstić information content (AvgIpc) is 2.68. The van der Waals surface area contributed by atoms with Crippen LogP contribution in [0.1, 0.15) is 41.5 Å². The van der Waals surface area contributed by atoms with Gasteiger partial charge in [-0.2, -0.15) is 0 Å². The molecule has 2 atom stereocenters. The molecule has 0 aromatic carbocycles. The Kier molecular flexibility index (Phi) is 3.82. The summed E-state index contributed by atoms with van der Waals surface area (Å²) in [4.78, 5) is 14.2. The van der Waals surface area contributed by atoms with E-state index >= 15 is 0 Å². The molecule has 0 aromatic heterocycles. The van der Waals surface area contributed by atoms with E-state index in [1.807, 2.05) is 18.7 Å². The second-order valence-corrected chi connectivity index (χ2v) is 5.58. The van der Waals surface area contributed by atoms with Crippen molar-refractivity contribution in [1.29, 1.82) is 0 Å². The van der Waals surface area contributed by atoms with E-state index in [0.29, 0.717) is 11.8 Å². The molecule has 1 aliphatic rings. The normalized spacial score (nSPS) is 26.1. The predicted molar refractivity (Wildman–Crippen MR) is 68.1 cm³/mol. The molecule has 0 radical (unpaired) electrons. The van der Waals surface area contributed by atoms with Gasteiger partial charge in [0.05, 0.1) is 5.92 Å². The zero-order valence-corrected chi connectivity index (χ0v) is 11.5. The topological polar surface area (TPSA) is 20.3 Å². The summed E-state index contributed by atoms with van der Waals surface area (Å²) in [6, 6.07) is 0. The van der Waals surface area contributed by atoms with E-state index in [1.54, 1.807) is 0 Å². The molecule has 0 aromatic rings. The highest BCUT2D eigenvalue weighted by molar-refractivity contribution is 5.83. The van der Waals surface area contributed by atoms with Gasteiger partial charge in [-0.25, -0.2) is 0 Å². The molecule has 2 nitrogen and oxygen atoms in total. The van der Waals surface area contributed by atoms with Crippen molar-refractivity contribution in [2.24, 2.45) is 17.3 Å². The zero-order valence-electron chi connectivity index (χ0n) is 11.5. The van der Waals surface area contributed by atoms with Gasteiger partial charge < -0.3 is 4.90 Å². The van der Waals surface area contributed by atoms with Gasteiger partial charge in [-0.15, -0.1) is 0 Å². The maximum Gasteiger partial charge on any atom is 0.226 e. The third kappa shape index (κ3) is 2.31. The first kappa shape index (κ1) is 13.3. The second-order valence-electron chi connectivity index (χ2n) is 5.58. The van der Waals surface area contributed by atoms with Crippen LogP contribution in [0.15, 0.2) is 11.6 Å². The minimum absolute atomic E-state index is 0.150. The molecule has 1 rings (SSSR count). The van der Waals surface area contributed by atoms with Crippen LogP contribution >= 0.6 is 0 Å². The van der Waals surface area contributed by atoms with Gasteiger partial charge in [0.2, 0.25) is 5.91 Å². The van der Waals surface area contributed by atoms with E-state index < -0.39 is 0 Å². The summed E-state index contributed by atoms with van der Waals surface area (Å²) in [5.74, 6) is 0.963. The summed E-state index contributed by atoms with van der Waals surface area (Å²) < 4.78 is 0. The predicted octanol–water partition coefficient (Wildman–Crippen LogP) is 3.09. The third-order valence-corrected chi connectivity index (χ3v) is 3.76. The molecule has 0 bridgehead atoms. The molecule has 0 saturated heterocycles. The number of carbonyl (C=O) groups excluding carboxylic acids is 1. The summed E-state index contributed by atoms with van der Waals surface area (Å²) in [7, 11) is 0. The first-order valence-electron chi connectivity index (χ1n) is 6.30. The van der Waals surface area contributed by atoms with Crippen molar-refractivity contribution in [2.45, 2.75) is 41.5 Å². The number of rotatable bonds is 4. The lowest BCUT2D eigenvalue weighted by atomic mass is 10.1. The number of carbonyl (C=O) groups is 1. The summed E-state index contributed by atoms with van der Waals surface area (Å²) in [5.41, 5.74) is 1.46. The van der Waals surface area contributed by atoms with Gasteiger partial charge >= 0.3 is 0 Å². The second kappa shape index (κ2) is 4.60. The Morgan fingerprint density at radius 2 is 1.75 bits per heavy atom. The Bertz CT molecular complexity index is 296. The van der Waals surface area contributed by atoms with Crippen molar-refractivity contribution in [3.63, 3.8) is 0 Å². The molecule has 0 unspecified atom stereocenters. The number of allylic oxidation sites excluding steroid dienone is 2. The maximum absolute atomic E-state index is 12.3.